The minimum Gasteiger partial charge on any atom is -0.497 e. The Kier molecular flexibility index (Phi) is 4.14. The first-order valence-electron chi connectivity index (χ1n) is 5.92. The number of benzene rings is 1. The maximum Gasteiger partial charge on any atom is 0.371 e. The predicted molar refractivity (Wildman–Crippen MR) is 72.5 cm³/mol. The van der Waals surface area contributed by atoms with Gasteiger partial charge in [0, 0.05) is 24.2 Å². The Balaban J connectivity index is 2.07. The molecule has 0 atom stereocenters. The van der Waals surface area contributed by atoms with Crippen LogP contribution in [0.1, 0.15) is 16.1 Å². The van der Waals surface area contributed by atoms with Gasteiger partial charge in [0.1, 0.15) is 11.5 Å². The van der Waals surface area contributed by atoms with Gasteiger partial charge in [0.15, 0.2) is 5.88 Å². The van der Waals surface area contributed by atoms with Gasteiger partial charge in [-0.25, -0.2) is 4.79 Å². The van der Waals surface area contributed by atoms with Crippen LogP contribution in [0.15, 0.2) is 34.7 Å². The number of nitrogens with one attached hydrogen (secondary N) is 1. The first kappa shape index (κ1) is 13.8. The number of hydrogen-bond donors (Lipinski definition) is 2. The first-order valence-corrected chi connectivity index (χ1v) is 5.92. The molecule has 0 spiro atoms. The lowest BCUT2D eigenvalue weighted by molar-refractivity contribution is 0.0663. The number of carboxylic acids is 1. The molecule has 0 unspecified atom stereocenters. The average Bonchev–Trinajstić information content (AvgIpc) is 2.94. The Bertz CT molecular complexity index is 605. The van der Waals surface area contributed by atoms with Gasteiger partial charge in [0.05, 0.1) is 14.2 Å². The van der Waals surface area contributed by atoms with Crippen molar-refractivity contribution in [2.24, 2.45) is 0 Å². The fourth-order valence-corrected chi connectivity index (χ4v) is 1.73. The van der Waals surface area contributed by atoms with Crippen molar-refractivity contribution in [3.63, 3.8) is 0 Å². The topological polar surface area (TPSA) is 80.9 Å². The van der Waals surface area contributed by atoms with Crippen molar-refractivity contribution in [3.05, 3.63) is 41.7 Å². The van der Waals surface area contributed by atoms with E-state index in [1.165, 1.54) is 6.07 Å². The third-order valence-corrected chi connectivity index (χ3v) is 2.76. The van der Waals surface area contributed by atoms with E-state index in [0.717, 1.165) is 5.56 Å². The molecule has 0 aliphatic carbocycles. The van der Waals surface area contributed by atoms with Crippen LogP contribution in [-0.4, -0.2) is 25.3 Å². The van der Waals surface area contributed by atoms with Crippen LogP contribution in [0.25, 0.3) is 0 Å². The molecule has 0 fully saturated rings. The number of aromatic carboxylic acids is 1. The number of furan rings is 1. The Labute approximate surface area is 115 Å². The van der Waals surface area contributed by atoms with E-state index in [2.05, 4.69) is 5.32 Å². The molecule has 1 heterocycles. The van der Waals surface area contributed by atoms with Crippen molar-refractivity contribution in [1.82, 2.24) is 0 Å². The van der Waals surface area contributed by atoms with E-state index in [1.54, 1.807) is 26.4 Å². The van der Waals surface area contributed by atoms with Crippen molar-refractivity contribution in [1.29, 1.82) is 0 Å². The molecule has 6 nitrogen and oxygen atoms in total. The molecule has 2 N–H and O–H groups in total. The zero-order chi connectivity index (χ0) is 14.5. The Hall–Kier alpha value is -2.63. The zero-order valence-electron chi connectivity index (χ0n) is 11.2. The van der Waals surface area contributed by atoms with E-state index in [-0.39, 0.29) is 5.76 Å². The van der Waals surface area contributed by atoms with Crippen LogP contribution >= 0.6 is 0 Å². The van der Waals surface area contributed by atoms with E-state index in [0.29, 0.717) is 23.9 Å². The summed E-state index contributed by atoms with van der Waals surface area (Å²) in [5.41, 5.74) is 0.904. The maximum absolute atomic E-state index is 10.7. The second-order valence-corrected chi connectivity index (χ2v) is 4.00. The van der Waals surface area contributed by atoms with E-state index in [4.69, 9.17) is 19.0 Å². The number of anilines is 1. The summed E-state index contributed by atoms with van der Waals surface area (Å²) in [5.74, 6) is 0.577. The Morgan fingerprint density at radius 2 is 2.05 bits per heavy atom. The van der Waals surface area contributed by atoms with Gasteiger partial charge in [-0.2, -0.15) is 0 Å². The summed E-state index contributed by atoms with van der Waals surface area (Å²) in [6.07, 6.45) is 0. The number of hydrogen-bond acceptors (Lipinski definition) is 5. The SMILES string of the molecule is COc1ccc(CNc2ccc(C(=O)O)o2)c(OC)c1. The van der Waals surface area contributed by atoms with E-state index in [9.17, 15) is 4.79 Å². The van der Waals surface area contributed by atoms with Crippen LogP contribution in [0.4, 0.5) is 5.88 Å². The maximum atomic E-state index is 10.7. The highest BCUT2D eigenvalue weighted by molar-refractivity contribution is 5.84. The lowest BCUT2D eigenvalue weighted by atomic mass is 10.2. The first-order chi connectivity index (χ1) is 9.63. The van der Waals surface area contributed by atoms with E-state index < -0.39 is 5.97 Å². The summed E-state index contributed by atoms with van der Waals surface area (Å²) in [6.45, 7) is 0.444. The van der Waals surface area contributed by atoms with E-state index in [1.807, 2.05) is 12.1 Å². The Morgan fingerprint density at radius 3 is 2.65 bits per heavy atom. The second-order valence-electron chi connectivity index (χ2n) is 4.00. The summed E-state index contributed by atoms with van der Waals surface area (Å²) in [5, 5.41) is 11.8. The van der Waals surface area contributed by atoms with Gasteiger partial charge in [-0.1, -0.05) is 0 Å². The smallest absolute Gasteiger partial charge is 0.371 e. The van der Waals surface area contributed by atoms with Gasteiger partial charge in [-0.05, 0) is 18.2 Å². The summed E-state index contributed by atoms with van der Waals surface area (Å²) in [7, 11) is 3.16. The fourth-order valence-electron chi connectivity index (χ4n) is 1.73. The molecular weight excluding hydrogens is 262 g/mol. The molecule has 6 heteroatoms. The number of carbonyl (C=O) groups is 1. The lowest BCUT2D eigenvalue weighted by Gasteiger charge is -2.10. The zero-order valence-corrected chi connectivity index (χ0v) is 11.2. The van der Waals surface area contributed by atoms with Gasteiger partial charge in [0.25, 0.3) is 0 Å². The number of ether oxygens (including phenoxy) is 2. The largest absolute Gasteiger partial charge is 0.497 e. The van der Waals surface area contributed by atoms with Gasteiger partial charge in [-0.3, -0.25) is 0 Å². The molecule has 0 aliphatic rings. The van der Waals surface area contributed by atoms with E-state index >= 15 is 0 Å². The van der Waals surface area contributed by atoms with Crippen LogP contribution < -0.4 is 14.8 Å². The average molecular weight is 277 g/mol. The van der Waals surface area contributed by atoms with Gasteiger partial charge in [0.2, 0.25) is 5.76 Å². The van der Waals surface area contributed by atoms with Gasteiger partial charge < -0.3 is 24.3 Å². The fraction of sp³-hybridized carbons (Fsp3) is 0.214. The molecular formula is C14H15NO5. The molecule has 0 amide bonds. The molecule has 2 aromatic rings. The standard InChI is InChI=1S/C14H15NO5/c1-18-10-4-3-9(12(7-10)19-2)8-15-13-6-5-11(20-13)14(16)17/h3-7,15H,8H2,1-2H3,(H,16,17). The highest BCUT2D eigenvalue weighted by atomic mass is 16.5. The summed E-state index contributed by atoms with van der Waals surface area (Å²) in [6, 6.07) is 8.44. The van der Waals surface area contributed by atoms with Gasteiger partial charge >= 0.3 is 5.97 Å². The molecule has 106 valence electrons. The van der Waals surface area contributed by atoms with Crippen molar-refractivity contribution >= 4 is 11.9 Å². The van der Waals surface area contributed by atoms with Crippen molar-refractivity contribution < 1.29 is 23.8 Å². The molecule has 0 radical (unpaired) electrons. The molecule has 0 saturated carbocycles. The number of carboxylic acid groups (broad SMARTS) is 1. The minimum absolute atomic E-state index is 0.103. The highest BCUT2D eigenvalue weighted by Gasteiger charge is 2.10. The van der Waals surface area contributed by atoms with Crippen LogP contribution in [0.2, 0.25) is 0 Å². The molecule has 1 aromatic carbocycles. The summed E-state index contributed by atoms with van der Waals surface area (Å²) in [4.78, 5) is 10.7. The van der Waals surface area contributed by atoms with Crippen LogP contribution in [0.5, 0.6) is 11.5 Å². The normalized spacial score (nSPS) is 10.1. The summed E-state index contributed by atoms with van der Waals surface area (Å²) < 4.78 is 15.5. The number of rotatable bonds is 6. The van der Waals surface area contributed by atoms with Crippen LogP contribution in [0.3, 0.4) is 0 Å². The Morgan fingerprint density at radius 1 is 1.25 bits per heavy atom. The lowest BCUT2D eigenvalue weighted by Crippen LogP contribution is -2.01. The van der Waals surface area contributed by atoms with Crippen LogP contribution in [0, 0.1) is 0 Å². The summed E-state index contributed by atoms with van der Waals surface area (Å²) >= 11 is 0. The molecule has 0 aliphatic heterocycles. The quantitative estimate of drug-likeness (QED) is 0.844. The third kappa shape index (κ3) is 3.03. The third-order valence-electron chi connectivity index (χ3n) is 2.76. The predicted octanol–water partition coefficient (Wildman–Crippen LogP) is 2.61. The number of methoxy groups -OCH3 is 2. The minimum atomic E-state index is -1.10. The van der Waals surface area contributed by atoms with Crippen LogP contribution in [-0.2, 0) is 6.54 Å². The molecule has 0 saturated heterocycles. The van der Waals surface area contributed by atoms with Crippen molar-refractivity contribution in [2.75, 3.05) is 19.5 Å². The molecule has 2 rings (SSSR count). The second kappa shape index (κ2) is 6.01. The molecule has 20 heavy (non-hydrogen) atoms. The highest BCUT2D eigenvalue weighted by Crippen LogP contribution is 2.25. The van der Waals surface area contributed by atoms with Gasteiger partial charge in [-0.15, -0.1) is 0 Å². The van der Waals surface area contributed by atoms with Crippen molar-refractivity contribution in [2.45, 2.75) is 6.54 Å². The van der Waals surface area contributed by atoms with Crippen molar-refractivity contribution in [3.8, 4) is 11.5 Å². The molecule has 1 aromatic heterocycles. The molecule has 0 bridgehead atoms. The monoisotopic (exact) mass is 277 g/mol.